The van der Waals surface area contributed by atoms with E-state index in [2.05, 4.69) is 15.4 Å². The van der Waals surface area contributed by atoms with Gasteiger partial charge >= 0.3 is 5.97 Å². The van der Waals surface area contributed by atoms with Crippen molar-refractivity contribution in [3.63, 3.8) is 0 Å². The van der Waals surface area contributed by atoms with Crippen molar-refractivity contribution >= 4 is 11.9 Å². The lowest BCUT2D eigenvalue weighted by molar-refractivity contribution is -0.129. The van der Waals surface area contributed by atoms with E-state index in [0.717, 1.165) is 12.8 Å². The molecule has 3 rings (SSSR count). The van der Waals surface area contributed by atoms with E-state index in [0.29, 0.717) is 11.5 Å². The Morgan fingerprint density at radius 2 is 2.00 bits per heavy atom. The topological polar surface area (TPSA) is 86.1 Å². The monoisotopic (exact) mass is 332 g/mol. The third-order valence-electron chi connectivity index (χ3n) is 3.60. The number of benzene rings is 1. The van der Waals surface area contributed by atoms with Crippen LogP contribution in [-0.2, 0) is 9.53 Å². The normalized spacial score (nSPS) is 15.0. The van der Waals surface area contributed by atoms with Gasteiger partial charge in [0.15, 0.2) is 6.10 Å². The second kappa shape index (κ2) is 6.38. The second-order valence-electron chi connectivity index (χ2n) is 5.70. The molecule has 8 heteroatoms. The summed E-state index contributed by atoms with van der Waals surface area (Å²) >= 11 is 0. The summed E-state index contributed by atoms with van der Waals surface area (Å²) in [7, 11) is 0. The molecule has 1 fully saturated rings. The molecule has 0 aliphatic heterocycles. The molecule has 1 aliphatic carbocycles. The lowest BCUT2D eigenvalue weighted by Gasteiger charge is -2.11. The molecule has 126 valence electrons. The number of rotatable bonds is 5. The minimum absolute atomic E-state index is 0.150. The van der Waals surface area contributed by atoms with E-state index in [1.165, 1.54) is 35.9 Å². The van der Waals surface area contributed by atoms with E-state index in [1.54, 1.807) is 6.92 Å². The van der Waals surface area contributed by atoms with Crippen LogP contribution >= 0.6 is 0 Å². The number of nitrogens with zero attached hydrogens (tertiary/aromatic N) is 3. The summed E-state index contributed by atoms with van der Waals surface area (Å²) in [5.41, 5.74) is 0.569. The molecule has 1 aromatic carbocycles. The highest BCUT2D eigenvalue weighted by molar-refractivity contribution is 5.89. The van der Waals surface area contributed by atoms with Crippen LogP contribution in [0.5, 0.6) is 0 Å². The Labute approximate surface area is 137 Å². The maximum atomic E-state index is 13.0. The molecule has 1 aromatic heterocycles. The number of carbonyl (C=O) groups excluding carboxylic acids is 2. The molecule has 1 atom stereocenters. The van der Waals surface area contributed by atoms with Crippen LogP contribution in [0.25, 0.3) is 5.69 Å². The highest BCUT2D eigenvalue weighted by Crippen LogP contribution is 2.19. The van der Waals surface area contributed by atoms with Gasteiger partial charge in [-0.1, -0.05) is 0 Å². The number of esters is 1. The zero-order valence-electron chi connectivity index (χ0n) is 13.3. The summed E-state index contributed by atoms with van der Waals surface area (Å²) in [5, 5.41) is 6.83. The quantitative estimate of drug-likeness (QED) is 0.839. The first-order valence-corrected chi connectivity index (χ1v) is 7.65. The Bertz CT molecular complexity index is 768. The molecule has 2 aromatic rings. The summed E-state index contributed by atoms with van der Waals surface area (Å²) in [6, 6.07) is 5.82. The van der Waals surface area contributed by atoms with E-state index in [9.17, 15) is 14.0 Å². The molecule has 0 radical (unpaired) electrons. The Balaban J connectivity index is 1.70. The average molecular weight is 332 g/mol. The number of nitrogens with one attached hydrogen (secondary N) is 1. The number of amides is 1. The maximum Gasteiger partial charge on any atom is 0.379 e. The number of carbonyl (C=O) groups is 2. The van der Waals surface area contributed by atoms with Crippen LogP contribution in [0.3, 0.4) is 0 Å². The van der Waals surface area contributed by atoms with Gasteiger partial charge in [0.2, 0.25) is 0 Å². The van der Waals surface area contributed by atoms with E-state index in [-0.39, 0.29) is 23.6 Å². The first-order chi connectivity index (χ1) is 11.4. The van der Waals surface area contributed by atoms with Crippen LogP contribution in [-0.4, -0.2) is 38.8 Å². The molecule has 1 aliphatic rings. The van der Waals surface area contributed by atoms with E-state index >= 15 is 0 Å². The standard InChI is InChI=1S/C16H17FN4O3/c1-9(15(22)19-12-5-6-12)24-16(23)14-18-10(2)21(20-14)13-7-3-11(17)4-8-13/h3-4,7-9,12H,5-6H2,1-2H3,(H,19,22). The number of aromatic nitrogens is 3. The Morgan fingerprint density at radius 1 is 1.33 bits per heavy atom. The van der Waals surface area contributed by atoms with E-state index in [1.807, 2.05) is 0 Å². The fourth-order valence-corrected chi connectivity index (χ4v) is 2.12. The molecule has 1 saturated carbocycles. The summed E-state index contributed by atoms with van der Waals surface area (Å²) in [5.74, 6) is -1.18. The number of halogens is 1. The van der Waals surface area contributed by atoms with Crippen LogP contribution in [0.2, 0.25) is 0 Å². The number of aryl methyl sites for hydroxylation is 1. The first-order valence-electron chi connectivity index (χ1n) is 7.65. The number of hydrogen-bond acceptors (Lipinski definition) is 5. The molecule has 1 unspecified atom stereocenters. The van der Waals surface area contributed by atoms with E-state index in [4.69, 9.17) is 4.74 Å². The minimum Gasteiger partial charge on any atom is -0.447 e. The van der Waals surface area contributed by atoms with Crippen molar-refractivity contribution in [1.82, 2.24) is 20.1 Å². The van der Waals surface area contributed by atoms with Gasteiger partial charge in [0.25, 0.3) is 11.7 Å². The minimum atomic E-state index is -0.920. The van der Waals surface area contributed by atoms with Crippen molar-refractivity contribution < 1.29 is 18.7 Å². The smallest absolute Gasteiger partial charge is 0.379 e. The van der Waals surface area contributed by atoms with Gasteiger partial charge in [0.1, 0.15) is 11.6 Å². The number of hydrogen-bond donors (Lipinski definition) is 1. The van der Waals surface area contributed by atoms with Crippen LogP contribution < -0.4 is 5.32 Å². The van der Waals surface area contributed by atoms with E-state index < -0.39 is 12.1 Å². The third kappa shape index (κ3) is 3.58. The van der Waals surface area contributed by atoms with Crippen molar-refractivity contribution in [2.24, 2.45) is 0 Å². The Kier molecular flexibility index (Phi) is 4.28. The molecule has 7 nitrogen and oxygen atoms in total. The van der Waals surface area contributed by atoms with Crippen LogP contribution in [0, 0.1) is 12.7 Å². The van der Waals surface area contributed by atoms with Gasteiger partial charge < -0.3 is 10.1 Å². The predicted molar refractivity (Wildman–Crippen MR) is 82.1 cm³/mol. The van der Waals surface area contributed by atoms with Crippen molar-refractivity contribution in [3.8, 4) is 5.69 Å². The Morgan fingerprint density at radius 3 is 2.62 bits per heavy atom. The zero-order chi connectivity index (χ0) is 17.3. The fraction of sp³-hybridized carbons (Fsp3) is 0.375. The predicted octanol–water partition coefficient (Wildman–Crippen LogP) is 1.54. The van der Waals surface area contributed by atoms with Crippen LogP contribution in [0.4, 0.5) is 4.39 Å². The molecule has 0 spiro atoms. The molecule has 1 amide bonds. The summed E-state index contributed by atoms with van der Waals surface area (Å²) in [4.78, 5) is 28.0. The maximum absolute atomic E-state index is 13.0. The second-order valence-corrected chi connectivity index (χ2v) is 5.70. The summed E-state index contributed by atoms with van der Waals surface area (Å²) < 4.78 is 19.5. The third-order valence-corrected chi connectivity index (χ3v) is 3.60. The number of ether oxygens (including phenoxy) is 1. The SMILES string of the molecule is Cc1nc(C(=O)OC(C)C(=O)NC2CC2)nn1-c1ccc(F)cc1. The van der Waals surface area contributed by atoms with Crippen molar-refractivity contribution in [3.05, 3.63) is 41.7 Å². The largest absolute Gasteiger partial charge is 0.447 e. The first kappa shape index (κ1) is 16.1. The molecule has 1 heterocycles. The van der Waals surface area contributed by atoms with Crippen molar-refractivity contribution in [2.45, 2.75) is 38.8 Å². The summed E-state index contributed by atoms with van der Waals surface area (Å²) in [6.07, 6.45) is 0.987. The van der Waals surface area contributed by atoms with Crippen LogP contribution in [0.15, 0.2) is 24.3 Å². The highest BCUT2D eigenvalue weighted by atomic mass is 19.1. The van der Waals surface area contributed by atoms with Gasteiger partial charge in [-0.15, -0.1) is 5.10 Å². The van der Waals surface area contributed by atoms with Gasteiger partial charge in [-0.05, 0) is 51.0 Å². The van der Waals surface area contributed by atoms with Gasteiger partial charge in [0, 0.05) is 6.04 Å². The molecule has 1 N–H and O–H groups in total. The molecule has 0 saturated heterocycles. The van der Waals surface area contributed by atoms with Gasteiger partial charge in [0.05, 0.1) is 5.69 Å². The Hall–Kier alpha value is -2.77. The lowest BCUT2D eigenvalue weighted by atomic mass is 10.3. The van der Waals surface area contributed by atoms with Gasteiger partial charge in [-0.25, -0.2) is 18.9 Å². The molecular formula is C16H17FN4O3. The molecular weight excluding hydrogens is 315 g/mol. The molecule has 0 bridgehead atoms. The average Bonchev–Trinajstić information content (AvgIpc) is 3.27. The van der Waals surface area contributed by atoms with Gasteiger partial charge in [-0.2, -0.15) is 0 Å². The zero-order valence-corrected chi connectivity index (χ0v) is 13.3. The van der Waals surface area contributed by atoms with Crippen molar-refractivity contribution in [1.29, 1.82) is 0 Å². The van der Waals surface area contributed by atoms with Crippen molar-refractivity contribution in [2.75, 3.05) is 0 Å². The highest BCUT2D eigenvalue weighted by Gasteiger charge is 2.28. The van der Waals surface area contributed by atoms with Gasteiger partial charge in [-0.3, -0.25) is 4.79 Å². The fourth-order valence-electron chi connectivity index (χ4n) is 2.12. The molecule has 24 heavy (non-hydrogen) atoms. The lowest BCUT2D eigenvalue weighted by Crippen LogP contribution is -2.37. The summed E-state index contributed by atoms with van der Waals surface area (Å²) in [6.45, 7) is 3.16. The van der Waals surface area contributed by atoms with Crippen LogP contribution in [0.1, 0.15) is 36.2 Å².